The molecule has 7 nitrogen and oxygen atoms in total. The second-order valence-electron chi connectivity index (χ2n) is 6.01. The van der Waals surface area contributed by atoms with Gasteiger partial charge in [0, 0.05) is 38.1 Å². The van der Waals surface area contributed by atoms with Crippen molar-refractivity contribution in [2.24, 2.45) is 0 Å². The third kappa shape index (κ3) is 4.89. The zero-order chi connectivity index (χ0) is 19.2. The van der Waals surface area contributed by atoms with E-state index in [0.29, 0.717) is 26.2 Å². The average molecular weight is 390 g/mol. The highest BCUT2D eigenvalue weighted by Gasteiger charge is 2.22. The second-order valence-corrected chi connectivity index (χ2v) is 6.40. The van der Waals surface area contributed by atoms with Crippen LogP contribution < -0.4 is 9.64 Å². The van der Waals surface area contributed by atoms with Gasteiger partial charge in [0.15, 0.2) is 6.61 Å². The van der Waals surface area contributed by atoms with Crippen LogP contribution >= 0.6 is 11.6 Å². The summed E-state index contributed by atoms with van der Waals surface area (Å²) in [5.41, 5.74) is 1.36. The number of halogens is 1. The average Bonchev–Trinajstić information content (AvgIpc) is 2.72. The van der Waals surface area contributed by atoms with E-state index in [2.05, 4.69) is 9.88 Å². The van der Waals surface area contributed by atoms with Crippen LogP contribution in [0.3, 0.4) is 0 Å². The first-order valence-electron chi connectivity index (χ1n) is 8.52. The molecule has 0 bridgehead atoms. The van der Waals surface area contributed by atoms with Gasteiger partial charge in [-0.15, -0.1) is 0 Å². The number of hydrogen-bond acceptors (Lipinski definition) is 6. The van der Waals surface area contributed by atoms with E-state index in [1.165, 1.54) is 18.3 Å². The zero-order valence-corrected chi connectivity index (χ0v) is 15.7. The molecule has 1 aromatic carbocycles. The first-order chi connectivity index (χ1) is 13.1. The topological polar surface area (TPSA) is 72.0 Å². The Labute approximate surface area is 162 Å². The lowest BCUT2D eigenvalue weighted by molar-refractivity contribution is -0.134. The molecule has 3 rings (SSSR count). The molecule has 1 amide bonds. The summed E-state index contributed by atoms with van der Waals surface area (Å²) < 4.78 is 10.3. The Morgan fingerprint density at radius 1 is 1.11 bits per heavy atom. The zero-order valence-electron chi connectivity index (χ0n) is 14.9. The lowest BCUT2D eigenvalue weighted by Gasteiger charge is -2.36. The third-order valence-electron chi connectivity index (χ3n) is 4.36. The number of carbonyl (C=O) groups is 2. The van der Waals surface area contributed by atoms with E-state index in [1.54, 1.807) is 12.0 Å². The molecule has 0 atom stereocenters. The van der Waals surface area contributed by atoms with Gasteiger partial charge in [-0.1, -0.05) is 11.6 Å². The van der Waals surface area contributed by atoms with E-state index in [1.807, 2.05) is 24.3 Å². The number of rotatable bonds is 5. The van der Waals surface area contributed by atoms with E-state index in [-0.39, 0.29) is 23.2 Å². The summed E-state index contributed by atoms with van der Waals surface area (Å²) in [6, 6.07) is 10.7. The lowest BCUT2D eigenvalue weighted by atomic mass is 10.2. The number of hydrogen-bond donors (Lipinski definition) is 0. The van der Waals surface area contributed by atoms with Crippen LogP contribution in [0, 0.1) is 0 Å². The molecule has 0 saturated carbocycles. The molecule has 2 aromatic rings. The van der Waals surface area contributed by atoms with Crippen molar-refractivity contribution < 1.29 is 19.1 Å². The van der Waals surface area contributed by atoms with Crippen LogP contribution in [-0.2, 0) is 9.53 Å². The van der Waals surface area contributed by atoms with Gasteiger partial charge in [-0.25, -0.2) is 9.78 Å². The predicted octanol–water partition coefficient (Wildman–Crippen LogP) is 2.25. The van der Waals surface area contributed by atoms with Crippen molar-refractivity contribution >= 4 is 29.2 Å². The summed E-state index contributed by atoms with van der Waals surface area (Å²) in [6.45, 7) is 2.28. The van der Waals surface area contributed by atoms with Gasteiger partial charge < -0.3 is 19.3 Å². The van der Waals surface area contributed by atoms with E-state index in [9.17, 15) is 9.59 Å². The summed E-state index contributed by atoms with van der Waals surface area (Å²) >= 11 is 5.75. The number of ether oxygens (including phenoxy) is 2. The van der Waals surface area contributed by atoms with Gasteiger partial charge in [-0.05, 0) is 36.4 Å². The summed E-state index contributed by atoms with van der Waals surface area (Å²) in [4.78, 5) is 32.0. The molecule has 1 aliphatic heterocycles. The van der Waals surface area contributed by atoms with Gasteiger partial charge in [-0.2, -0.15) is 0 Å². The van der Waals surface area contributed by atoms with Gasteiger partial charge in [-0.3, -0.25) is 4.79 Å². The summed E-state index contributed by atoms with van der Waals surface area (Å²) in [5, 5.41) is 0.199. The largest absolute Gasteiger partial charge is 0.497 e. The van der Waals surface area contributed by atoms with Gasteiger partial charge >= 0.3 is 5.97 Å². The van der Waals surface area contributed by atoms with Crippen LogP contribution in [0.25, 0.3) is 0 Å². The Hall–Kier alpha value is -2.80. The van der Waals surface area contributed by atoms with Crippen molar-refractivity contribution in [1.29, 1.82) is 0 Å². The third-order valence-corrected chi connectivity index (χ3v) is 4.57. The van der Waals surface area contributed by atoms with Gasteiger partial charge in [0.1, 0.15) is 10.9 Å². The first-order valence-corrected chi connectivity index (χ1v) is 8.90. The minimum absolute atomic E-state index is 0.199. The molecule has 0 N–H and O–H groups in total. The number of anilines is 1. The van der Waals surface area contributed by atoms with Crippen molar-refractivity contribution in [2.45, 2.75) is 0 Å². The Balaban J connectivity index is 1.47. The first kappa shape index (κ1) is 19.0. The normalized spacial score (nSPS) is 14.0. The number of aromatic nitrogens is 1. The number of carbonyl (C=O) groups excluding carboxylic acids is 2. The van der Waals surface area contributed by atoms with Crippen LogP contribution in [0.15, 0.2) is 42.6 Å². The van der Waals surface area contributed by atoms with Gasteiger partial charge in [0.25, 0.3) is 5.91 Å². The maximum absolute atomic E-state index is 12.3. The van der Waals surface area contributed by atoms with Crippen molar-refractivity contribution in [3.8, 4) is 5.75 Å². The number of benzene rings is 1. The maximum atomic E-state index is 12.3. The number of methoxy groups -OCH3 is 1. The van der Waals surface area contributed by atoms with Crippen LogP contribution in [0.1, 0.15) is 10.4 Å². The molecule has 0 unspecified atom stereocenters. The van der Waals surface area contributed by atoms with E-state index >= 15 is 0 Å². The van der Waals surface area contributed by atoms with Crippen molar-refractivity contribution in [1.82, 2.24) is 9.88 Å². The fourth-order valence-corrected chi connectivity index (χ4v) is 3.01. The fourth-order valence-electron chi connectivity index (χ4n) is 2.84. The fraction of sp³-hybridized carbons (Fsp3) is 0.316. The van der Waals surface area contributed by atoms with Crippen LogP contribution in [0.4, 0.5) is 5.69 Å². The minimum atomic E-state index is -0.593. The smallest absolute Gasteiger partial charge is 0.338 e. The highest BCUT2D eigenvalue weighted by atomic mass is 35.5. The lowest BCUT2D eigenvalue weighted by Crippen LogP contribution is -2.49. The number of amides is 1. The summed E-state index contributed by atoms with van der Waals surface area (Å²) in [6.07, 6.45) is 1.42. The van der Waals surface area contributed by atoms with E-state index < -0.39 is 5.97 Å². The molecule has 1 saturated heterocycles. The molecule has 0 radical (unpaired) electrons. The molecule has 8 heteroatoms. The van der Waals surface area contributed by atoms with Crippen molar-refractivity contribution in [3.63, 3.8) is 0 Å². The van der Waals surface area contributed by atoms with Crippen LogP contribution in [-0.4, -0.2) is 61.7 Å². The standard InChI is InChI=1S/C19H20ClN3O4/c1-26-16-4-2-15(3-5-16)22-8-10-23(11-9-22)18(24)13-27-19(25)14-6-7-21-17(20)12-14/h2-7,12H,8-11,13H2,1H3. The Morgan fingerprint density at radius 2 is 1.81 bits per heavy atom. The van der Waals surface area contributed by atoms with Gasteiger partial charge in [0.2, 0.25) is 0 Å². The molecular formula is C19H20ClN3O4. The highest BCUT2D eigenvalue weighted by molar-refractivity contribution is 6.29. The Kier molecular flexibility index (Phi) is 6.13. The number of pyridine rings is 1. The van der Waals surface area contributed by atoms with Crippen LogP contribution in [0.2, 0.25) is 5.15 Å². The number of esters is 1. The predicted molar refractivity (Wildman–Crippen MR) is 101 cm³/mol. The monoisotopic (exact) mass is 389 g/mol. The SMILES string of the molecule is COc1ccc(N2CCN(C(=O)COC(=O)c3ccnc(Cl)c3)CC2)cc1. The van der Waals surface area contributed by atoms with Gasteiger partial charge in [0.05, 0.1) is 12.7 Å². The molecule has 0 aliphatic carbocycles. The number of piperazine rings is 1. The molecular weight excluding hydrogens is 370 g/mol. The van der Waals surface area contributed by atoms with Crippen LogP contribution in [0.5, 0.6) is 5.75 Å². The summed E-state index contributed by atoms with van der Waals surface area (Å²) in [7, 11) is 1.63. The minimum Gasteiger partial charge on any atom is -0.497 e. The maximum Gasteiger partial charge on any atom is 0.338 e. The number of nitrogens with zero attached hydrogens (tertiary/aromatic N) is 3. The van der Waals surface area contributed by atoms with E-state index in [0.717, 1.165) is 11.4 Å². The molecule has 1 fully saturated rings. The van der Waals surface area contributed by atoms with Crippen molar-refractivity contribution in [3.05, 3.63) is 53.3 Å². The molecule has 1 aliphatic rings. The summed E-state index contributed by atoms with van der Waals surface area (Å²) in [5.74, 6) is 0.00673. The molecule has 142 valence electrons. The molecule has 1 aromatic heterocycles. The molecule has 0 spiro atoms. The second kappa shape index (κ2) is 8.73. The molecule has 27 heavy (non-hydrogen) atoms. The van der Waals surface area contributed by atoms with Crippen molar-refractivity contribution in [2.75, 3.05) is 44.8 Å². The Morgan fingerprint density at radius 3 is 2.44 bits per heavy atom. The Bertz CT molecular complexity index is 805. The van der Waals surface area contributed by atoms with E-state index in [4.69, 9.17) is 21.1 Å². The quantitative estimate of drug-likeness (QED) is 0.577. The molecule has 2 heterocycles. The highest BCUT2D eigenvalue weighted by Crippen LogP contribution is 2.20.